The van der Waals surface area contributed by atoms with Crippen molar-refractivity contribution >= 4 is 17.0 Å². The lowest BCUT2D eigenvalue weighted by Crippen LogP contribution is -2.65. The third-order valence-electron chi connectivity index (χ3n) is 14.4. The molecule has 2 aromatic rings. The maximum atomic E-state index is 13.0. The fraction of sp³-hybridized carbons (Fsp3) is 0.694. The van der Waals surface area contributed by atoms with Crippen molar-refractivity contribution in [2.75, 3.05) is 0 Å². The van der Waals surface area contributed by atoms with E-state index in [2.05, 4.69) is 78.8 Å². The standard InChI is InChI=1S/C36H48N2O2/c1-21-14-17-36(31(39)40)19-18-34(6)23(29(36)22(21)2)12-13-28-33(5)20-26-30(38-25-11-9-8-10-24(25)37-26)32(3,4)27(33)15-16-35(28,34)7/h8-12,21-22,27-29H,13-20H2,1-7H3,(H,39,40)/t21-,22+,27?,28?,29?,33+,34-,35-,36+/m1/s1. The summed E-state index contributed by atoms with van der Waals surface area (Å²) in [5, 5.41) is 10.7. The van der Waals surface area contributed by atoms with Gasteiger partial charge >= 0.3 is 5.97 Å². The summed E-state index contributed by atoms with van der Waals surface area (Å²) in [6, 6.07) is 8.35. The summed E-state index contributed by atoms with van der Waals surface area (Å²) in [6.07, 6.45) is 10.8. The minimum Gasteiger partial charge on any atom is -0.481 e. The summed E-state index contributed by atoms with van der Waals surface area (Å²) < 4.78 is 0. The molecule has 4 heteroatoms. The highest BCUT2D eigenvalue weighted by molar-refractivity contribution is 5.77. The minimum absolute atomic E-state index is 0.0378. The Balaban J connectivity index is 1.36. The number of aromatic nitrogens is 2. The van der Waals surface area contributed by atoms with E-state index in [1.165, 1.54) is 29.8 Å². The van der Waals surface area contributed by atoms with Gasteiger partial charge in [-0.2, -0.15) is 0 Å². The molecule has 1 aromatic carbocycles. The van der Waals surface area contributed by atoms with Crippen LogP contribution in [-0.2, 0) is 16.6 Å². The third-order valence-corrected chi connectivity index (χ3v) is 14.4. The molecule has 0 bridgehead atoms. The van der Waals surface area contributed by atoms with E-state index < -0.39 is 11.4 Å². The quantitative estimate of drug-likeness (QED) is 0.369. The Hall–Kier alpha value is -2.23. The number of benzene rings is 1. The Kier molecular flexibility index (Phi) is 5.46. The Morgan fingerprint density at radius 1 is 0.900 bits per heavy atom. The smallest absolute Gasteiger partial charge is 0.310 e. The number of para-hydroxylation sites is 2. The van der Waals surface area contributed by atoms with Crippen LogP contribution in [0.5, 0.6) is 0 Å². The van der Waals surface area contributed by atoms with Crippen LogP contribution in [0.1, 0.15) is 105 Å². The molecule has 5 aliphatic rings. The van der Waals surface area contributed by atoms with Crippen molar-refractivity contribution in [1.82, 2.24) is 9.97 Å². The lowest BCUT2D eigenvalue weighted by molar-refractivity contribution is -0.179. The molecule has 0 radical (unpaired) electrons. The summed E-state index contributed by atoms with van der Waals surface area (Å²) in [5.74, 6) is 1.70. The van der Waals surface area contributed by atoms with Crippen molar-refractivity contribution < 1.29 is 9.90 Å². The highest BCUT2D eigenvalue weighted by Gasteiger charge is 2.69. The summed E-state index contributed by atoms with van der Waals surface area (Å²) >= 11 is 0. The van der Waals surface area contributed by atoms with Crippen LogP contribution in [0.2, 0.25) is 0 Å². The first-order valence-electron chi connectivity index (χ1n) is 16.0. The molecule has 0 aliphatic heterocycles. The van der Waals surface area contributed by atoms with E-state index in [-0.39, 0.29) is 27.6 Å². The minimum atomic E-state index is -0.579. The average Bonchev–Trinajstić information content (AvgIpc) is 2.90. The third kappa shape index (κ3) is 3.07. The monoisotopic (exact) mass is 540 g/mol. The first kappa shape index (κ1) is 26.7. The zero-order valence-electron chi connectivity index (χ0n) is 25.7. The molecule has 9 atom stereocenters. The van der Waals surface area contributed by atoms with Gasteiger partial charge < -0.3 is 5.11 Å². The molecule has 3 saturated carbocycles. The lowest BCUT2D eigenvalue weighted by Gasteiger charge is -2.70. The maximum Gasteiger partial charge on any atom is 0.310 e. The number of hydrogen-bond donors (Lipinski definition) is 1. The molecule has 3 unspecified atom stereocenters. The molecule has 1 aromatic heterocycles. The van der Waals surface area contributed by atoms with Crippen LogP contribution in [0.3, 0.4) is 0 Å². The molecule has 3 fully saturated rings. The van der Waals surface area contributed by atoms with Crippen molar-refractivity contribution in [2.24, 2.45) is 51.2 Å². The van der Waals surface area contributed by atoms with Crippen LogP contribution in [-0.4, -0.2) is 21.0 Å². The molecule has 1 N–H and O–H groups in total. The van der Waals surface area contributed by atoms with E-state index in [4.69, 9.17) is 9.97 Å². The van der Waals surface area contributed by atoms with Crippen molar-refractivity contribution in [3.8, 4) is 0 Å². The van der Waals surface area contributed by atoms with Crippen LogP contribution in [0.15, 0.2) is 35.9 Å². The molecule has 1 heterocycles. The molecular weight excluding hydrogens is 492 g/mol. The number of carbonyl (C=O) groups is 1. The van der Waals surface area contributed by atoms with Gasteiger partial charge in [0.15, 0.2) is 0 Å². The molecule has 0 spiro atoms. The van der Waals surface area contributed by atoms with Gasteiger partial charge in [0.1, 0.15) is 0 Å². The molecule has 0 amide bonds. The number of allylic oxidation sites excluding steroid dienone is 2. The fourth-order valence-corrected chi connectivity index (χ4v) is 11.9. The molecule has 40 heavy (non-hydrogen) atoms. The van der Waals surface area contributed by atoms with E-state index in [0.717, 1.165) is 49.6 Å². The zero-order valence-corrected chi connectivity index (χ0v) is 25.7. The van der Waals surface area contributed by atoms with Gasteiger partial charge in [-0.25, -0.2) is 9.97 Å². The number of aliphatic carboxylic acids is 1. The van der Waals surface area contributed by atoms with Gasteiger partial charge in [0.25, 0.3) is 0 Å². The molecule has 5 aliphatic carbocycles. The fourth-order valence-electron chi connectivity index (χ4n) is 11.9. The molecule has 0 saturated heterocycles. The van der Waals surface area contributed by atoms with Crippen molar-refractivity contribution in [1.29, 1.82) is 0 Å². The second-order valence-electron chi connectivity index (χ2n) is 16.0. The van der Waals surface area contributed by atoms with E-state index in [1.54, 1.807) is 0 Å². The Morgan fingerprint density at radius 2 is 1.60 bits per heavy atom. The van der Waals surface area contributed by atoms with Gasteiger partial charge in [0, 0.05) is 5.41 Å². The van der Waals surface area contributed by atoms with Crippen molar-refractivity contribution in [3.05, 3.63) is 47.3 Å². The van der Waals surface area contributed by atoms with E-state index in [1.807, 2.05) is 0 Å². The number of carboxylic acids is 1. The van der Waals surface area contributed by atoms with Crippen LogP contribution in [0.4, 0.5) is 0 Å². The first-order chi connectivity index (χ1) is 18.8. The van der Waals surface area contributed by atoms with Gasteiger partial charge in [-0.05, 0) is 109 Å². The molecule has 4 nitrogen and oxygen atoms in total. The first-order valence-corrected chi connectivity index (χ1v) is 16.0. The number of rotatable bonds is 1. The second-order valence-corrected chi connectivity index (χ2v) is 16.0. The van der Waals surface area contributed by atoms with E-state index in [9.17, 15) is 9.90 Å². The van der Waals surface area contributed by atoms with Crippen LogP contribution in [0.25, 0.3) is 11.0 Å². The highest BCUT2D eigenvalue weighted by Crippen LogP contribution is 2.75. The van der Waals surface area contributed by atoms with Gasteiger partial charge in [-0.1, -0.05) is 72.2 Å². The SMILES string of the molecule is C[C@@H]1CC[C@]2(C(=O)O)CC[C@]3(C)C(=CCC4[C@@]5(C)Cc6nc7ccccc7nc6C(C)(C)C5CC[C@]43C)C2[C@H]1C. The number of fused-ring (bicyclic) bond motifs is 9. The Labute approximate surface area is 240 Å². The Morgan fingerprint density at radius 3 is 2.30 bits per heavy atom. The predicted molar refractivity (Wildman–Crippen MR) is 160 cm³/mol. The summed E-state index contributed by atoms with van der Waals surface area (Å²) in [7, 11) is 0. The lowest BCUT2D eigenvalue weighted by atomic mass is 9.33. The average molecular weight is 541 g/mol. The van der Waals surface area contributed by atoms with Gasteiger partial charge in [-0.3, -0.25) is 4.79 Å². The topological polar surface area (TPSA) is 63.1 Å². The molecular formula is C36H48N2O2. The van der Waals surface area contributed by atoms with Crippen molar-refractivity contribution in [2.45, 2.75) is 105 Å². The van der Waals surface area contributed by atoms with E-state index >= 15 is 0 Å². The van der Waals surface area contributed by atoms with Crippen LogP contribution in [0, 0.1) is 51.2 Å². The number of nitrogens with zero attached hydrogens (tertiary/aromatic N) is 2. The van der Waals surface area contributed by atoms with Gasteiger partial charge in [0.2, 0.25) is 0 Å². The van der Waals surface area contributed by atoms with Crippen LogP contribution < -0.4 is 0 Å². The van der Waals surface area contributed by atoms with Crippen LogP contribution >= 0.6 is 0 Å². The van der Waals surface area contributed by atoms with Gasteiger partial charge in [0.05, 0.1) is 27.8 Å². The number of hydrogen-bond acceptors (Lipinski definition) is 3. The van der Waals surface area contributed by atoms with E-state index in [0.29, 0.717) is 23.7 Å². The normalized spacial score (nSPS) is 45.3. The van der Waals surface area contributed by atoms with Crippen molar-refractivity contribution in [3.63, 3.8) is 0 Å². The summed E-state index contributed by atoms with van der Waals surface area (Å²) in [5.41, 5.74) is 5.64. The molecule has 214 valence electrons. The van der Waals surface area contributed by atoms with Gasteiger partial charge in [-0.15, -0.1) is 0 Å². The number of carboxylic acid groups (broad SMARTS) is 1. The molecule has 7 rings (SSSR count). The highest BCUT2D eigenvalue weighted by atomic mass is 16.4. The second kappa shape index (κ2) is 8.19. The summed E-state index contributed by atoms with van der Waals surface area (Å²) in [4.78, 5) is 23.5. The maximum absolute atomic E-state index is 13.0. The summed E-state index contributed by atoms with van der Waals surface area (Å²) in [6.45, 7) is 17.3. The zero-order chi connectivity index (χ0) is 28.5. The largest absolute Gasteiger partial charge is 0.481 e. The predicted octanol–water partition coefficient (Wildman–Crippen LogP) is 8.39. The Bertz CT molecular complexity index is 1440.